The smallest absolute Gasteiger partial charge is 0.407 e. The molecule has 0 spiro atoms. The van der Waals surface area contributed by atoms with Crippen LogP contribution in [0, 0.1) is 0 Å². The number of carbonyl (C=O) groups excluding carboxylic acids is 1. The van der Waals surface area contributed by atoms with E-state index in [1.807, 2.05) is 52.0 Å². The maximum absolute atomic E-state index is 11.7. The predicted molar refractivity (Wildman–Crippen MR) is 88.1 cm³/mol. The van der Waals surface area contributed by atoms with Crippen molar-refractivity contribution in [2.75, 3.05) is 13.2 Å². The molecule has 0 bridgehead atoms. The molecule has 3 N–H and O–H groups in total. The first-order valence-electron chi connectivity index (χ1n) is 7.71. The molecule has 0 aliphatic heterocycles. The first-order chi connectivity index (χ1) is 10.3. The molecule has 124 valence electrons. The molecule has 0 fully saturated rings. The van der Waals surface area contributed by atoms with Crippen molar-refractivity contribution in [2.45, 2.75) is 52.2 Å². The number of amides is 1. The zero-order chi connectivity index (χ0) is 16.6. The van der Waals surface area contributed by atoms with E-state index in [0.29, 0.717) is 13.2 Å². The molecule has 0 heterocycles. The van der Waals surface area contributed by atoms with Gasteiger partial charge < -0.3 is 20.5 Å². The molecule has 5 heteroatoms. The highest BCUT2D eigenvalue weighted by atomic mass is 16.6. The summed E-state index contributed by atoms with van der Waals surface area (Å²) in [5.41, 5.74) is 6.08. The van der Waals surface area contributed by atoms with Crippen molar-refractivity contribution in [3.05, 3.63) is 29.8 Å². The van der Waals surface area contributed by atoms with Crippen LogP contribution in [0.1, 0.15) is 39.7 Å². The van der Waals surface area contributed by atoms with E-state index in [-0.39, 0.29) is 12.1 Å². The van der Waals surface area contributed by atoms with Crippen LogP contribution in [0.3, 0.4) is 0 Å². The summed E-state index contributed by atoms with van der Waals surface area (Å²) in [5, 5.41) is 2.84. The number of hydrogen-bond acceptors (Lipinski definition) is 4. The highest BCUT2D eigenvalue weighted by molar-refractivity contribution is 5.68. The summed E-state index contributed by atoms with van der Waals surface area (Å²) < 4.78 is 10.8. The molecule has 22 heavy (non-hydrogen) atoms. The number of nitrogens with two attached hydrogens (primary N) is 1. The second kappa shape index (κ2) is 8.63. The van der Waals surface area contributed by atoms with Crippen molar-refractivity contribution in [3.8, 4) is 5.75 Å². The largest absolute Gasteiger partial charge is 0.494 e. The molecule has 0 aliphatic rings. The Bertz CT molecular complexity index is 452. The SMILES string of the molecule is CC(Cc1ccc(OCCCN)cc1)NC(=O)OC(C)(C)C. The van der Waals surface area contributed by atoms with Crippen LogP contribution in [0.2, 0.25) is 0 Å². The lowest BCUT2D eigenvalue weighted by atomic mass is 10.1. The molecule has 0 saturated heterocycles. The zero-order valence-corrected chi connectivity index (χ0v) is 14.0. The molecule has 1 aromatic rings. The first kappa shape index (κ1) is 18.3. The Morgan fingerprint density at radius 1 is 1.27 bits per heavy atom. The molecule has 0 saturated carbocycles. The van der Waals surface area contributed by atoms with Crippen molar-refractivity contribution in [3.63, 3.8) is 0 Å². The van der Waals surface area contributed by atoms with E-state index in [0.717, 1.165) is 24.2 Å². The molecule has 0 aromatic heterocycles. The van der Waals surface area contributed by atoms with Crippen LogP contribution in [0.4, 0.5) is 4.79 Å². The number of benzene rings is 1. The minimum atomic E-state index is -0.480. The maximum atomic E-state index is 11.7. The fraction of sp³-hybridized carbons (Fsp3) is 0.588. The normalized spacial score (nSPS) is 12.6. The number of hydrogen-bond donors (Lipinski definition) is 2. The van der Waals surface area contributed by atoms with Crippen molar-refractivity contribution in [1.29, 1.82) is 0 Å². The summed E-state index contributed by atoms with van der Waals surface area (Å²) in [6, 6.07) is 7.88. The molecule has 0 radical (unpaired) electrons. The Morgan fingerprint density at radius 3 is 2.45 bits per heavy atom. The van der Waals surface area contributed by atoms with Gasteiger partial charge in [-0.25, -0.2) is 4.79 Å². The van der Waals surface area contributed by atoms with Gasteiger partial charge in [-0.15, -0.1) is 0 Å². The van der Waals surface area contributed by atoms with Crippen molar-refractivity contribution in [1.82, 2.24) is 5.32 Å². The van der Waals surface area contributed by atoms with Gasteiger partial charge in [-0.3, -0.25) is 0 Å². The van der Waals surface area contributed by atoms with Gasteiger partial charge in [-0.05, 0) is 64.8 Å². The van der Waals surface area contributed by atoms with Gasteiger partial charge in [-0.2, -0.15) is 0 Å². The van der Waals surface area contributed by atoms with Gasteiger partial charge in [0, 0.05) is 6.04 Å². The van der Waals surface area contributed by atoms with E-state index in [4.69, 9.17) is 15.2 Å². The number of rotatable bonds is 7. The fourth-order valence-electron chi connectivity index (χ4n) is 1.91. The Morgan fingerprint density at radius 2 is 1.91 bits per heavy atom. The van der Waals surface area contributed by atoms with E-state index < -0.39 is 5.60 Å². The quantitative estimate of drug-likeness (QED) is 0.760. The van der Waals surface area contributed by atoms with Crippen LogP contribution < -0.4 is 15.8 Å². The molecule has 1 aromatic carbocycles. The number of nitrogens with one attached hydrogen (secondary N) is 1. The van der Waals surface area contributed by atoms with Gasteiger partial charge >= 0.3 is 6.09 Å². The number of alkyl carbamates (subject to hydrolysis) is 1. The maximum Gasteiger partial charge on any atom is 0.407 e. The predicted octanol–water partition coefficient (Wildman–Crippen LogP) is 2.87. The monoisotopic (exact) mass is 308 g/mol. The molecular formula is C17H28N2O3. The molecule has 1 rings (SSSR count). The lowest BCUT2D eigenvalue weighted by Gasteiger charge is -2.22. The summed E-state index contributed by atoms with van der Waals surface area (Å²) in [7, 11) is 0. The van der Waals surface area contributed by atoms with E-state index in [2.05, 4.69) is 5.32 Å². The summed E-state index contributed by atoms with van der Waals surface area (Å²) >= 11 is 0. The molecule has 1 atom stereocenters. The van der Waals surface area contributed by atoms with Gasteiger partial charge in [-0.1, -0.05) is 12.1 Å². The summed E-state index contributed by atoms with van der Waals surface area (Å²) in [4.78, 5) is 11.7. The van der Waals surface area contributed by atoms with Gasteiger partial charge in [0.25, 0.3) is 0 Å². The Labute approximate surface area is 133 Å². The third kappa shape index (κ3) is 7.88. The molecule has 0 aliphatic carbocycles. The van der Waals surface area contributed by atoms with E-state index in [9.17, 15) is 4.79 Å². The lowest BCUT2D eigenvalue weighted by molar-refractivity contribution is 0.0508. The van der Waals surface area contributed by atoms with Gasteiger partial charge in [0.15, 0.2) is 0 Å². The lowest BCUT2D eigenvalue weighted by Crippen LogP contribution is -2.38. The van der Waals surface area contributed by atoms with Crippen LogP contribution in [0.25, 0.3) is 0 Å². The van der Waals surface area contributed by atoms with E-state index in [1.54, 1.807) is 0 Å². The van der Waals surface area contributed by atoms with Crippen LogP contribution >= 0.6 is 0 Å². The van der Waals surface area contributed by atoms with Crippen molar-refractivity contribution in [2.24, 2.45) is 5.73 Å². The highest BCUT2D eigenvalue weighted by Gasteiger charge is 2.17. The Balaban J connectivity index is 2.41. The summed E-state index contributed by atoms with van der Waals surface area (Å²) in [5.74, 6) is 0.838. The standard InChI is InChI=1S/C17H28N2O3/c1-13(19-16(20)22-17(2,3)4)12-14-6-8-15(9-7-14)21-11-5-10-18/h6-9,13H,5,10-12,18H2,1-4H3,(H,19,20). The first-order valence-corrected chi connectivity index (χ1v) is 7.71. The fourth-order valence-corrected chi connectivity index (χ4v) is 1.91. The average Bonchev–Trinajstić information content (AvgIpc) is 2.38. The van der Waals surface area contributed by atoms with Crippen LogP contribution in [0.15, 0.2) is 24.3 Å². The Kier molecular flexibility index (Phi) is 7.18. The number of carbonyl (C=O) groups is 1. The van der Waals surface area contributed by atoms with Gasteiger partial charge in [0.1, 0.15) is 11.4 Å². The van der Waals surface area contributed by atoms with Crippen LogP contribution in [0.5, 0.6) is 5.75 Å². The average molecular weight is 308 g/mol. The summed E-state index contributed by atoms with van der Waals surface area (Å²) in [6.45, 7) is 8.76. The van der Waals surface area contributed by atoms with Crippen LogP contribution in [-0.4, -0.2) is 30.9 Å². The second-order valence-electron chi connectivity index (χ2n) is 6.39. The minimum absolute atomic E-state index is 0.00106. The molecule has 1 amide bonds. The number of ether oxygens (including phenoxy) is 2. The van der Waals surface area contributed by atoms with Gasteiger partial charge in [0.05, 0.1) is 6.61 Å². The minimum Gasteiger partial charge on any atom is -0.494 e. The summed E-state index contributed by atoms with van der Waals surface area (Å²) in [6.07, 6.45) is 1.20. The molecular weight excluding hydrogens is 280 g/mol. The van der Waals surface area contributed by atoms with Crippen molar-refractivity contribution >= 4 is 6.09 Å². The third-order valence-corrected chi connectivity index (χ3v) is 2.85. The zero-order valence-electron chi connectivity index (χ0n) is 14.0. The molecule has 1 unspecified atom stereocenters. The third-order valence-electron chi connectivity index (χ3n) is 2.85. The van der Waals surface area contributed by atoms with E-state index in [1.165, 1.54) is 0 Å². The van der Waals surface area contributed by atoms with Crippen molar-refractivity contribution < 1.29 is 14.3 Å². The van der Waals surface area contributed by atoms with E-state index >= 15 is 0 Å². The molecule has 5 nitrogen and oxygen atoms in total. The van der Waals surface area contributed by atoms with Gasteiger partial charge in [0.2, 0.25) is 0 Å². The topological polar surface area (TPSA) is 73.6 Å². The van der Waals surface area contributed by atoms with Crippen LogP contribution in [-0.2, 0) is 11.2 Å². The second-order valence-corrected chi connectivity index (χ2v) is 6.39. The Hall–Kier alpha value is -1.75. The highest BCUT2D eigenvalue weighted by Crippen LogP contribution is 2.14.